The third kappa shape index (κ3) is 3.97. The number of hydrogen-bond acceptors (Lipinski definition) is 4. The van der Waals surface area contributed by atoms with Gasteiger partial charge in [-0.15, -0.1) is 0 Å². The van der Waals surface area contributed by atoms with Gasteiger partial charge in [-0.25, -0.2) is 9.67 Å². The number of rotatable bonds is 3. The van der Waals surface area contributed by atoms with E-state index < -0.39 is 11.7 Å². The lowest BCUT2D eigenvalue weighted by atomic mass is 10.1. The molecule has 0 radical (unpaired) electrons. The molecule has 6 nitrogen and oxygen atoms in total. The Morgan fingerprint density at radius 3 is 2.67 bits per heavy atom. The number of pyridine rings is 1. The van der Waals surface area contributed by atoms with E-state index in [1.165, 1.54) is 10.7 Å². The number of alkyl halides is 3. The summed E-state index contributed by atoms with van der Waals surface area (Å²) in [5.41, 5.74) is 1.35. The van der Waals surface area contributed by atoms with E-state index >= 15 is 0 Å². The standard InChI is InChI=1S/C18H22F3N5O/c1-11-9-22-6-7-25(11)17(27)8-15-12(2)24-26(13(15)3)16-5-4-14(10-23-16)18(19,20)21/h4-5,10-11,22H,6-9H2,1-3H3/t11-/m1/s1. The Kier molecular flexibility index (Phi) is 5.23. The molecule has 1 atom stereocenters. The minimum Gasteiger partial charge on any atom is -0.337 e. The third-order valence-electron chi connectivity index (χ3n) is 4.88. The fraction of sp³-hybridized carbons (Fsp3) is 0.500. The number of amides is 1. The van der Waals surface area contributed by atoms with Crippen molar-refractivity contribution in [3.8, 4) is 5.82 Å². The van der Waals surface area contributed by atoms with Gasteiger partial charge in [-0.2, -0.15) is 18.3 Å². The van der Waals surface area contributed by atoms with E-state index in [-0.39, 0.29) is 24.2 Å². The maximum absolute atomic E-state index is 12.7. The fourth-order valence-corrected chi connectivity index (χ4v) is 3.30. The summed E-state index contributed by atoms with van der Waals surface area (Å²) in [6.45, 7) is 7.77. The van der Waals surface area contributed by atoms with E-state index in [4.69, 9.17) is 0 Å². The molecule has 0 aliphatic carbocycles. The lowest BCUT2D eigenvalue weighted by molar-refractivity contribution is -0.138. The number of aromatic nitrogens is 3. The van der Waals surface area contributed by atoms with Gasteiger partial charge >= 0.3 is 6.18 Å². The van der Waals surface area contributed by atoms with Gasteiger partial charge in [-0.3, -0.25) is 4.79 Å². The Labute approximate surface area is 155 Å². The second-order valence-corrected chi connectivity index (χ2v) is 6.78. The molecule has 9 heteroatoms. The van der Waals surface area contributed by atoms with Crippen molar-refractivity contribution in [3.63, 3.8) is 0 Å². The van der Waals surface area contributed by atoms with Crippen LogP contribution in [0.2, 0.25) is 0 Å². The molecule has 0 saturated carbocycles. The largest absolute Gasteiger partial charge is 0.417 e. The van der Waals surface area contributed by atoms with Crippen molar-refractivity contribution in [2.75, 3.05) is 19.6 Å². The van der Waals surface area contributed by atoms with Crippen LogP contribution >= 0.6 is 0 Å². The molecule has 2 aromatic heterocycles. The number of nitrogens with zero attached hydrogens (tertiary/aromatic N) is 4. The normalized spacial score (nSPS) is 18.0. The fourth-order valence-electron chi connectivity index (χ4n) is 3.30. The van der Waals surface area contributed by atoms with E-state index in [1.807, 2.05) is 11.8 Å². The second-order valence-electron chi connectivity index (χ2n) is 6.78. The van der Waals surface area contributed by atoms with E-state index in [2.05, 4.69) is 15.4 Å². The lowest BCUT2D eigenvalue weighted by Crippen LogP contribution is -2.52. The Morgan fingerprint density at radius 1 is 1.33 bits per heavy atom. The van der Waals surface area contributed by atoms with E-state index in [0.29, 0.717) is 17.9 Å². The van der Waals surface area contributed by atoms with Crippen LogP contribution in [0.25, 0.3) is 5.82 Å². The van der Waals surface area contributed by atoms with Crippen molar-refractivity contribution in [1.29, 1.82) is 0 Å². The predicted molar refractivity (Wildman–Crippen MR) is 93.6 cm³/mol. The Hall–Kier alpha value is -2.42. The summed E-state index contributed by atoms with van der Waals surface area (Å²) in [7, 11) is 0. The van der Waals surface area contributed by atoms with Gasteiger partial charge in [0.2, 0.25) is 5.91 Å². The van der Waals surface area contributed by atoms with Crippen molar-refractivity contribution in [1.82, 2.24) is 25.0 Å². The highest BCUT2D eigenvalue weighted by Crippen LogP contribution is 2.29. The number of carbonyl (C=O) groups excluding carboxylic acids is 1. The number of nitrogens with one attached hydrogen (secondary N) is 1. The molecule has 146 valence electrons. The molecule has 0 aromatic carbocycles. The third-order valence-corrected chi connectivity index (χ3v) is 4.88. The van der Waals surface area contributed by atoms with Crippen LogP contribution in [0, 0.1) is 13.8 Å². The van der Waals surface area contributed by atoms with Crippen LogP contribution in [0.5, 0.6) is 0 Å². The minimum absolute atomic E-state index is 0.0233. The average molecular weight is 381 g/mol. The molecule has 3 rings (SSSR count). The van der Waals surface area contributed by atoms with Crippen LogP contribution in [0.15, 0.2) is 18.3 Å². The average Bonchev–Trinajstić information content (AvgIpc) is 2.89. The summed E-state index contributed by atoms with van der Waals surface area (Å²) < 4.78 is 39.6. The van der Waals surface area contributed by atoms with Crippen molar-refractivity contribution in [3.05, 3.63) is 40.8 Å². The first kappa shape index (κ1) is 19.3. The maximum atomic E-state index is 12.7. The second kappa shape index (κ2) is 7.30. The first-order valence-electron chi connectivity index (χ1n) is 8.77. The molecule has 27 heavy (non-hydrogen) atoms. The minimum atomic E-state index is -4.43. The zero-order valence-electron chi connectivity index (χ0n) is 15.5. The molecule has 1 saturated heterocycles. The number of hydrogen-bond donors (Lipinski definition) is 1. The summed E-state index contributed by atoms with van der Waals surface area (Å²) in [5, 5.41) is 7.63. The van der Waals surface area contributed by atoms with Crippen molar-refractivity contribution in [2.24, 2.45) is 0 Å². The summed E-state index contributed by atoms with van der Waals surface area (Å²) in [6.07, 6.45) is -3.43. The van der Waals surface area contributed by atoms with Gasteiger partial charge in [0, 0.05) is 43.1 Å². The van der Waals surface area contributed by atoms with Crippen LogP contribution in [-0.4, -0.2) is 51.2 Å². The number of halogens is 3. The topological polar surface area (TPSA) is 63.1 Å². The molecule has 1 aliphatic rings. The maximum Gasteiger partial charge on any atom is 0.417 e. The van der Waals surface area contributed by atoms with Gasteiger partial charge in [-0.05, 0) is 32.9 Å². The van der Waals surface area contributed by atoms with Gasteiger partial charge in [0.25, 0.3) is 0 Å². The van der Waals surface area contributed by atoms with E-state index in [1.54, 1.807) is 13.8 Å². The Balaban J connectivity index is 1.83. The van der Waals surface area contributed by atoms with Crippen LogP contribution in [0.1, 0.15) is 29.4 Å². The molecular formula is C18H22F3N5O. The first-order chi connectivity index (χ1) is 12.7. The molecule has 1 amide bonds. The van der Waals surface area contributed by atoms with E-state index in [9.17, 15) is 18.0 Å². The predicted octanol–water partition coefficient (Wildman–Crippen LogP) is 2.27. The van der Waals surface area contributed by atoms with Gasteiger partial charge < -0.3 is 10.2 Å². The van der Waals surface area contributed by atoms with E-state index in [0.717, 1.165) is 30.9 Å². The smallest absolute Gasteiger partial charge is 0.337 e. The van der Waals surface area contributed by atoms with Crippen LogP contribution < -0.4 is 5.32 Å². The summed E-state index contributed by atoms with van der Waals surface area (Å²) in [5.74, 6) is 0.313. The van der Waals surface area contributed by atoms with Crippen LogP contribution in [-0.2, 0) is 17.4 Å². The van der Waals surface area contributed by atoms with Gasteiger partial charge in [-0.1, -0.05) is 0 Å². The molecule has 0 bridgehead atoms. The monoisotopic (exact) mass is 381 g/mol. The van der Waals surface area contributed by atoms with Gasteiger partial charge in [0.05, 0.1) is 17.7 Å². The highest BCUT2D eigenvalue weighted by atomic mass is 19.4. The number of aryl methyl sites for hydroxylation is 1. The van der Waals surface area contributed by atoms with Gasteiger partial charge in [0.1, 0.15) is 0 Å². The highest BCUT2D eigenvalue weighted by Gasteiger charge is 2.31. The van der Waals surface area contributed by atoms with Crippen molar-refractivity contribution < 1.29 is 18.0 Å². The quantitative estimate of drug-likeness (QED) is 0.886. The molecule has 3 heterocycles. The van der Waals surface area contributed by atoms with Crippen molar-refractivity contribution >= 4 is 5.91 Å². The summed E-state index contributed by atoms with van der Waals surface area (Å²) >= 11 is 0. The molecule has 1 aliphatic heterocycles. The Bertz CT molecular complexity index is 829. The molecule has 2 aromatic rings. The van der Waals surface area contributed by atoms with Crippen molar-refractivity contribution in [2.45, 2.75) is 39.4 Å². The number of piperazine rings is 1. The lowest BCUT2D eigenvalue weighted by Gasteiger charge is -2.34. The highest BCUT2D eigenvalue weighted by molar-refractivity contribution is 5.79. The molecule has 0 spiro atoms. The van der Waals surface area contributed by atoms with Crippen LogP contribution in [0.3, 0.4) is 0 Å². The zero-order chi connectivity index (χ0) is 19.8. The summed E-state index contributed by atoms with van der Waals surface area (Å²) in [4.78, 5) is 18.4. The van der Waals surface area contributed by atoms with Crippen LogP contribution in [0.4, 0.5) is 13.2 Å². The first-order valence-corrected chi connectivity index (χ1v) is 8.77. The molecular weight excluding hydrogens is 359 g/mol. The molecule has 1 fully saturated rings. The van der Waals surface area contributed by atoms with Gasteiger partial charge in [0.15, 0.2) is 5.82 Å². The molecule has 1 N–H and O–H groups in total. The summed E-state index contributed by atoms with van der Waals surface area (Å²) in [6, 6.07) is 2.39. The molecule has 0 unspecified atom stereocenters. The zero-order valence-corrected chi connectivity index (χ0v) is 15.5. The SMILES string of the molecule is Cc1nn(-c2ccc(C(F)(F)F)cn2)c(C)c1CC(=O)N1CCNC[C@H]1C. The number of carbonyl (C=O) groups is 1. The Morgan fingerprint density at radius 2 is 2.07 bits per heavy atom.